The van der Waals surface area contributed by atoms with Crippen LogP contribution in [0.5, 0.6) is 11.5 Å². The zero-order valence-corrected chi connectivity index (χ0v) is 14.9. The smallest absolute Gasteiger partial charge is 0.143 e. The van der Waals surface area contributed by atoms with E-state index in [0.29, 0.717) is 12.3 Å². The highest BCUT2D eigenvalue weighted by molar-refractivity contribution is 5.75. The summed E-state index contributed by atoms with van der Waals surface area (Å²) in [7, 11) is 0. The number of ether oxygens (including phenoxy) is 1. The zero-order chi connectivity index (χ0) is 17.6. The quantitative estimate of drug-likeness (QED) is 0.607. The number of aryl methyl sites for hydroxylation is 1. The van der Waals surface area contributed by atoms with Crippen LogP contribution in [-0.2, 0) is 6.42 Å². The molecule has 132 valence electrons. The van der Waals surface area contributed by atoms with E-state index in [1.54, 1.807) is 0 Å². The monoisotopic (exact) mass is 339 g/mol. The molecule has 0 saturated heterocycles. The molecule has 2 aromatic carbocycles. The number of hydrogen-bond donors (Lipinski definition) is 1. The van der Waals surface area contributed by atoms with Crippen molar-refractivity contribution >= 4 is 11.0 Å². The number of unbranched alkanes of at least 4 members (excludes halogenated alkanes) is 3. The van der Waals surface area contributed by atoms with Gasteiger partial charge in [0.1, 0.15) is 28.2 Å². The van der Waals surface area contributed by atoms with Gasteiger partial charge in [0.15, 0.2) is 0 Å². The fourth-order valence-corrected chi connectivity index (χ4v) is 2.91. The molecule has 5 nitrogen and oxygen atoms in total. The van der Waals surface area contributed by atoms with E-state index in [0.717, 1.165) is 35.2 Å². The van der Waals surface area contributed by atoms with Crippen molar-refractivity contribution in [3.05, 3.63) is 42.0 Å². The van der Waals surface area contributed by atoms with Crippen molar-refractivity contribution in [2.75, 3.05) is 6.61 Å². The second-order valence-corrected chi connectivity index (χ2v) is 6.21. The molecule has 0 aliphatic heterocycles. The SMILES string of the molecule is CCCCCCc1ccc(-n2nc3ccc(OCC)cc3n2)c(O)c1. The van der Waals surface area contributed by atoms with E-state index < -0.39 is 0 Å². The zero-order valence-electron chi connectivity index (χ0n) is 14.9. The Bertz CT molecular complexity index is 842. The molecule has 0 saturated carbocycles. The van der Waals surface area contributed by atoms with E-state index in [2.05, 4.69) is 17.1 Å². The Morgan fingerprint density at radius 1 is 0.960 bits per heavy atom. The lowest BCUT2D eigenvalue weighted by Gasteiger charge is -2.06. The number of nitrogens with zero attached hydrogens (tertiary/aromatic N) is 3. The number of phenolic OH excluding ortho intramolecular Hbond substituents is 1. The van der Waals surface area contributed by atoms with Crippen LogP contribution in [0.3, 0.4) is 0 Å². The summed E-state index contributed by atoms with van der Waals surface area (Å²) >= 11 is 0. The molecule has 5 heteroatoms. The van der Waals surface area contributed by atoms with Gasteiger partial charge < -0.3 is 9.84 Å². The second-order valence-electron chi connectivity index (χ2n) is 6.21. The number of rotatable bonds is 8. The largest absolute Gasteiger partial charge is 0.506 e. The van der Waals surface area contributed by atoms with Crippen LogP contribution in [0.2, 0.25) is 0 Å². The molecule has 0 radical (unpaired) electrons. The Labute approximate surface area is 148 Å². The van der Waals surface area contributed by atoms with Crippen LogP contribution >= 0.6 is 0 Å². The summed E-state index contributed by atoms with van der Waals surface area (Å²) in [6.07, 6.45) is 5.86. The first kappa shape index (κ1) is 17.3. The van der Waals surface area contributed by atoms with Crippen LogP contribution in [0.1, 0.15) is 45.1 Å². The normalized spacial score (nSPS) is 11.1. The van der Waals surface area contributed by atoms with Crippen LogP contribution in [0, 0.1) is 0 Å². The molecule has 25 heavy (non-hydrogen) atoms. The first-order valence-corrected chi connectivity index (χ1v) is 9.03. The molecular weight excluding hydrogens is 314 g/mol. The van der Waals surface area contributed by atoms with E-state index in [-0.39, 0.29) is 5.75 Å². The van der Waals surface area contributed by atoms with Gasteiger partial charge in [-0.25, -0.2) is 0 Å². The van der Waals surface area contributed by atoms with Gasteiger partial charge >= 0.3 is 0 Å². The van der Waals surface area contributed by atoms with Gasteiger partial charge in [-0.3, -0.25) is 0 Å². The maximum Gasteiger partial charge on any atom is 0.143 e. The van der Waals surface area contributed by atoms with Crippen LogP contribution in [0.15, 0.2) is 36.4 Å². The lowest BCUT2D eigenvalue weighted by atomic mass is 10.1. The number of phenols is 1. The lowest BCUT2D eigenvalue weighted by molar-refractivity contribution is 0.340. The third kappa shape index (κ3) is 4.10. The van der Waals surface area contributed by atoms with E-state index in [9.17, 15) is 5.11 Å². The molecule has 0 bridgehead atoms. The molecule has 0 amide bonds. The molecule has 1 N–H and O–H groups in total. The van der Waals surface area contributed by atoms with Crippen LogP contribution in [0.4, 0.5) is 0 Å². The third-order valence-electron chi connectivity index (χ3n) is 4.24. The first-order valence-electron chi connectivity index (χ1n) is 9.03. The molecule has 0 aliphatic rings. The fraction of sp³-hybridized carbons (Fsp3) is 0.400. The predicted molar refractivity (Wildman–Crippen MR) is 99.5 cm³/mol. The lowest BCUT2D eigenvalue weighted by Crippen LogP contribution is -1.99. The average Bonchev–Trinajstić information content (AvgIpc) is 3.02. The second kappa shape index (κ2) is 8.01. The number of hydrogen-bond acceptors (Lipinski definition) is 4. The van der Waals surface area contributed by atoms with Crippen LogP contribution in [-0.4, -0.2) is 26.7 Å². The van der Waals surface area contributed by atoms with Crippen LogP contribution in [0.25, 0.3) is 16.7 Å². The Morgan fingerprint density at radius 2 is 1.80 bits per heavy atom. The van der Waals surface area contributed by atoms with E-state index >= 15 is 0 Å². The molecule has 1 aromatic heterocycles. The third-order valence-corrected chi connectivity index (χ3v) is 4.24. The summed E-state index contributed by atoms with van der Waals surface area (Å²) in [6.45, 7) is 4.77. The molecule has 0 atom stereocenters. The standard InChI is InChI=1S/C20H25N3O2/c1-3-5-6-7-8-15-9-12-19(20(24)13-15)23-21-17-11-10-16(25-4-2)14-18(17)22-23/h9-14,24H,3-8H2,1-2H3. The molecule has 0 aliphatic carbocycles. The molecule has 0 fully saturated rings. The molecule has 0 unspecified atom stereocenters. The van der Waals surface area contributed by atoms with Gasteiger partial charge in [0.05, 0.1) is 6.61 Å². The van der Waals surface area contributed by atoms with Crippen molar-refractivity contribution in [3.63, 3.8) is 0 Å². The Morgan fingerprint density at radius 3 is 2.56 bits per heavy atom. The van der Waals surface area contributed by atoms with Crippen molar-refractivity contribution in [1.29, 1.82) is 0 Å². The summed E-state index contributed by atoms with van der Waals surface area (Å²) in [6, 6.07) is 11.4. The molecule has 3 aromatic rings. The van der Waals surface area contributed by atoms with Gasteiger partial charge in [0.2, 0.25) is 0 Å². The van der Waals surface area contributed by atoms with E-state index in [1.165, 1.54) is 24.1 Å². The number of fused-ring (bicyclic) bond motifs is 1. The Balaban J connectivity index is 1.80. The minimum Gasteiger partial charge on any atom is -0.506 e. The number of aromatic hydroxyl groups is 1. The van der Waals surface area contributed by atoms with Crippen molar-refractivity contribution in [2.45, 2.75) is 46.0 Å². The molecule has 1 heterocycles. The molecular formula is C20H25N3O2. The van der Waals surface area contributed by atoms with Gasteiger partial charge in [-0.05, 0) is 49.6 Å². The predicted octanol–water partition coefficient (Wildman–Crippen LogP) is 4.65. The minimum absolute atomic E-state index is 0.207. The fourth-order valence-electron chi connectivity index (χ4n) is 2.91. The summed E-state index contributed by atoms with van der Waals surface area (Å²) in [5.74, 6) is 0.979. The maximum atomic E-state index is 10.4. The first-order chi connectivity index (χ1) is 12.2. The van der Waals surface area contributed by atoms with Crippen molar-refractivity contribution in [3.8, 4) is 17.2 Å². The van der Waals surface area contributed by atoms with Gasteiger partial charge in [0.25, 0.3) is 0 Å². The Kier molecular flexibility index (Phi) is 5.53. The number of aromatic nitrogens is 3. The van der Waals surface area contributed by atoms with Crippen LogP contribution < -0.4 is 4.74 Å². The maximum absolute atomic E-state index is 10.4. The van der Waals surface area contributed by atoms with Crippen molar-refractivity contribution in [2.24, 2.45) is 0 Å². The Hall–Kier alpha value is -2.56. The summed E-state index contributed by atoms with van der Waals surface area (Å²) in [5.41, 5.74) is 3.25. The van der Waals surface area contributed by atoms with Gasteiger partial charge in [-0.15, -0.1) is 15.0 Å². The molecule has 3 rings (SSSR count). The number of benzene rings is 2. The van der Waals surface area contributed by atoms with Crippen molar-refractivity contribution in [1.82, 2.24) is 15.0 Å². The highest BCUT2D eigenvalue weighted by atomic mass is 16.5. The molecule has 0 spiro atoms. The highest BCUT2D eigenvalue weighted by Gasteiger charge is 2.10. The van der Waals surface area contributed by atoms with Gasteiger partial charge in [0, 0.05) is 6.07 Å². The van der Waals surface area contributed by atoms with E-state index in [4.69, 9.17) is 4.74 Å². The highest BCUT2D eigenvalue weighted by Crippen LogP contribution is 2.25. The summed E-state index contributed by atoms with van der Waals surface area (Å²) in [4.78, 5) is 1.48. The average molecular weight is 339 g/mol. The van der Waals surface area contributed by atoms with Gasteiger partial charge in [-0.2, -0.15) is 0 Å². The van der Waals surface area contributed by atoms with Gasteiger partial charge in [-0.1, -0.05) is 32.3 Å². The minimum atomic E-state index is 0.207. The van der Waals surface area contributed by atoms with Crippen molar-refractivity contribution < 1.29 is 9.84 Å². The van der Waals surface area contributed by atoms with E-state index in [1.807, 2.05) is 43.3 Å². The topological polar surface area (TPSA) is 60.2 Å². The summed E-state index contributed by atoms with van der Waals surface area (Å²) in [5, 5.41) is 19.3. The summed E-state index contributed by atoms with van der Waals surface area (Å²) < 4.78 is 5.50.